The monoisotopic (exact) mass is 769 g/mol. The number of hydrogen-bond donors (Lipinski definition) is 0. The van der Waals surface area contributed by atoms with E-state index in [2.05, 4.69) is 139 Å². The molecule has 6 aromatic rings. The zero-order chi connectivity index (χ0) is 39.3. The van der Waals surface area contributed by atoms with E-state index in [1.54, 1.807) is 5.01 Å². The van der Waals surface area contributed by atoms with Gasteiger partial charge in [0.15, 0.2) is 0 Å². The highest BCUT2D eigenvalue weighted by molar-refractivity contribution is 6.14. The van der Waals surface area contributed by atoms with Gasteiger partial charge in [0.05, 0.1) is 29.7 Å². The second kappa shape index (κ2) is 16.9. The molecule has 58 heavy (non-hydrogen) atoms. The smallest absolute Gasteiger partial charge is 0.349 e. The normalized spacial score (nSPS) is 16.8. The molecule has 0 spiro atoms. The van der Waals surface area contributed by atoms with Crippen LogP contribution in [0.15, 0.2) is 151 Å². The van der Waals surface area contributed by atoms with Crippen LogP contribution >= 0.6 is 0 Å². The number of ether oxygens (including phenoxy) is 2. The Balaban J connectivity index is 1.01. The van der Waals surface area contributed by atoms with Gasteiger partial charge in [-0.1, -0.05) is 135 Å². The Kier molecular flexibility index (Phi) is 11.0. The number of carbonyl (C=O) groups excluding carboxylic acids is 1. The molecule has 294 valence electrons. The van der Waals surface area contributed by atoms with Gasteiger partial charge in [-0.15, -0.1) is 0 Å². The average molecular weight is 770 g/mol. The number of imidazole rings is 1. The van der Waals surface area contributed by atoms with E-state index in [9.17, 15) is 4.79 Å². The number of fused-ring (bicyclic) bond motifs is 1. The molecule has 2 aliphatic heterocycles. The Labute approximate surface area is 341 Å². The minimum absolute atomic E-state index is 0.0117. The van der Waals surface area contributed by atoms with Gasteiger partial charge in [-0.05, 0) is 78.6 Å². The molecular formula is C50H51N5O3. The van der Waals surface area contributed by atoms with Gasteiger partial charge in [-0.3, -0.25) is 4.90 Å². The highest BCUT2D eigenvalue weighted by Crippen LogP contribution is 2.42. The Morgan fingerprint density at radius 1 is 0.724 bits per heavy atom. The Hall–Kier alpha value is -5.83. The third-order valence-electron chi connectivity index (χ3n) is 12.1. The molecule has 0 bridgehead atoms. The van der Waals surface area contributed by atoms with Crippen molar-refractivity contribution in [2.75, 3.05) is 18.1 Å². The lowest BCUT2D eigenvalue weighted by molar-refractivity contribution is 0.0480. The summed E-state index contributed by atoms with van der Waals surface area (Å²) in [7, 11) is 0. The molecule has 0 atom stereocenters. The lowest BCUT2D eigenvalue weighted by atomic mass is 9.76. The maximum Gasteiger partial charge on any atom is 0.349 e. The summed E-state index contributed by atoms with van der Waals surface area (Å²) in [4.78, 5) is 21.6. The maximum absolute atomic E-state index is 14.8. The molecule has 1 saturated heterocycles. The van der Waals surface area contributed by atoms with E-state index in [4.69, 9.17) is 19.6 Å². The second-order valence-electron chi connectivity index (χ2n) is 15.8. The van der Waals surface area contributed by atoms with Crippen LogP contribution in [0.1, 0.15) is 84.2 Å². The van der Waals surface area contributed by atoms with Gasteiger partial charge < -0.3 is 14.0 Å². The van der Waals surface area contributed by atoms with E-state index >= 15 is 0 Å². The van der Waals surface area contributed by atoms with Crippen molar-refractivity contribution < 1.29 is 14.3 Å². The fourth-order valence-electron chi connectivity index (χ4n) is 9.26. The first-order valence-electron chi connectivity index (χ1n) is 20.9. The van der Waals surface area contributed by atoms with Crippen molar-refractivity contribution in [1.29, 1.82) is 0 Å². The van der Waals surface area contributed by atoms with Crippen LogP contribution in [-0.2, 0) is 28.2 Å². The van der Waals surface area contributed by atoms with Gasteiger partial charge in [0.1, 0.15) is 18.0 Å². The minimum Gasteiger partial charge on any atom is -0.381 e. The molecule has 0 N–H and O–H groups in total. The summed E-state index contributed by atoms with van der Waals surface area (Å²) in [6.07, 6.45) is 11.3. The fraction of sp³-hybridized carbons (Fsp3) is 0.300. The van der Waals surface area contributed by atoms with E-state index in [0.717, 1.165) is 82.0 Å². The molecule has 0 radical (unpaired) electrons. The van der Waals surface area contributed by atoms with Crippen LogP contribution in [0.2, 0.25) is 0 Å². The van der Waals surface area contributed by atoms with Crippen LogP contribution in [0.3, 0.4) is 0 Å². The third-order valence-corrected chi connectivity index (χ3v) is 12.1. The molecule has 8 heteroatoms. The third kappa shape index (κ3) is 7.27. The second-order valence-corrected chi connectivity index (χ2v) is 15.8. The summed E-state index contributed by atoms with van der Waals surface area (Å²) in [5.41, 5.74) is 8.67. The summed E-state index contributed by atoms with van der Waals surface area (Å²) in [5.74, 6) is 1.15. The zero-order valence-electron chi connectivity index (χ0n) is 33.3. The summed E-state index contributed by atoms with van der Waals surface area (Å²) < 4.78 is 14.5. The summed E-state index contributed by atoms with van der Waals surface area (Å²) in [6, 6.07) is 46.4. The van der Waals surface area contributed by atoms with Gasteiger partial charge in [-0.25, -0.2) is 14.8 Å². The predicted molar refractivity (Wildman–Crippen MR) is 229 cm³/mol. The Bertz CT molecular complexity index is 2230. The van der Waals surface area contributed by atoms with E-state index < -0.39 is 5.54 Å². The topological polar surface area (TPSA) is 72.2 Å². The van der Waals surface area contributed by atoms with Crippen molar-refractivity contribution in [2.45, 2.75) is 76.7 Å². The summed E-state index contributed by atoms with van der Waals surface area (Å²) >= 11 is 0. The van der Waals surface area contributed by atoms with Crippen molar-refractivity contribution in [1.82, 2.24) is 14.6 Å². The highest BCUT2D eigenvalue weighted by atomic mass is 16.5. The molecule has 0 unspecified atom stereocenters. The van der Waals surface area contributed by atoms with Crippen molar-refractivity contribution in [3.8, 4) is 0 Å². The number of amides is 2. The minimum atomic E-state index is -0.673. The number of rotatable bonds is 11. The quantitative estimate of drug-likeness (QED) is 0.123. The van der Waals surface area contributed by atoms with Crippen LogP contribution < -0.4 is 4.90 Å². The molecule has 2 fully saturated rings. The molecule has 5 aromatic carbocycles. The van der Waals surface area contributed by atoms with E-state index in [1.807, 2.05) is 23.2 Å². The number of hydrazone groups is 1. The van der Waals surface area contributed by atoms with Gasteiger partial charge in [0.25, 0.3) is 0 Å². The number of aromatic nitrogens is 2. The number of aryl methyl sites for hydroxylation is 1. The standard InChI is InChI=1S/C50H51N5O3/c1-37-22-27-45-46(34-37)54(49(56)55(44-28-32-57-33-29-44)52-48(45)39-14-6-2-7-15-39)43-25-23-38(24-26-43)35-58-36-47-51-30-31-53(47)50(40-16-8-3-9-17-40,41-18-10-4-11-19-41)42-20-12-5-13-21-42/h3-5,8-13,16-27,30-31,34,39,44H,2,6-7,14-15,28-29,32-33,35-36H2,1H3. The van der Waals surface area contributed by atoms with Crippen molar-refractivity contribution in [2.24, 2.45) is 11.0 Å². The molecule has 9 rings (SSSR count). The first-order chi connectivity index (χ1) is 28.6. The van der Waals surface area contributed by atoms with Gasteiger partial charge >= 0.3 is 6.03 Å². The Morgan fingerprint density at radius 2 is 1.34 bits per heavy atom. The van der Waals surface area contributed by atoms with Crippen LogP contribution in [-0.4, -0.2) is 45.6 Å². The lowest BCUT2D eigenvalue weighted by Crippen LogP contribution is -2.45. The molecular weight excluding hydrogens is 719 g/mol. The van der Waals surface area contributed by atoms with Crippen LogP contribution in [0.5, 0.6) is 0 Å². The zero-order valence-corrected chi connectivity index (χ0v) is 33.3. The summed E-state index contributed by atoms with van der Waals surface area (Å²) in [5, 5.41) is 7.08. The lowest BCUT2D eigenvalue weighted by Gasteiger charge is -2.38. The SMILES string of the molecule is Cc1ccc2c(c1)N(c1ccc(COCc3nccn3C(c3ccccc3)(c3ccccc3)c3ccccc3)cc1)C(=O)N(C1CCOCC1)N=C2C1CCCCC1. The van der Waals surface area contributed by atoms with Crippen molar-refractivity contribution in [3.05, 3.63) is 185 Å². The van der Waals surface area contributed by atoms with E-state index in [1.165, 1.54) is 19.3 Å². The predicted octanol–water partition coefficient (Wildman–Crippen LogP) is 10.8. The fourth-order valence-corrected chi connectivity index (χ4v) is 9.26. The van der Waals surface area contributed by atoms with Crippen molar-refractivity contribution in [3.63, 3.8) is 0 Å². The van der Waals surface area contributed by atoms with Crippen LogP contribution in [0, 0.1) is 12.8 Å². The van der Waals surface area contributed by atoms with Crippen LogP contribution in [0.4, 0.5) is 16.2 Å². The van der Waals surface area contributed by atoms with E-state index in [-0.39, 0.29) is 12.1 Å². The molecule has 2 amide bonds. The molecule has 1 aromatic heterocycles. The number of carbonyl (C=O) groups is 1. The van der Waals surface area contributed by atoms with E-state index in [0.29, 0.717) is 32.3 Å². The molecule has 1 saturated carbocycles. The Morgan fingerprint density at radius 3 is 1.97 bits per heavy atom. The first kappa shape index (κ1) is 37.7. The molecule has 3 heterocycles. The number of hydrogen-bond acceptors (Lipinski definition) is 5. The average Bonchev–Trinajstić information content (AvgIpc) is 3.71. The molecule has 8 nitrogen and oxygen atoms in total. The van der Waals surface area contributed by atoms with Gasteiger partial charge in [-0.2, -0.15) is 5.10 Å². The van der Waals surface area contributed by atoms with Gasteiger partial charge in [0.2, 0.25) is 0 Å². The first-order valence-corrected chi connectivity index (χ1v) is 20.9. The largest absolute Gasteiger partial charge is 0.381 e. The highest BCUT2D eigenvalue weighted by Gasteiger charge is 2.40. The molecule has 1 aliphatic carbocycles. The number of urea groups is 1. The number of nitrogens with zero attached hydrogens (tertiary/aromatic N) is 5. The van der Waals surface area contributed by atoms with Crippen molar-refractivity contribution >= 4 is 23.1 Å². The number of anilines is 2. The van der Waals surface area contributed by atoms with Crippen LogP contribution in [0.25, 0.3) is 0 Å². The maximum atomic E-state index is 14.8. The number of benzene rings is 5. The summed E-state index contributed by atoms with van der Waals surface area (Å²) in [6.45, 7) is 4.05. The van der Waals surface area contributed by atoms with Gasteiger partial charge in [0, 0.05) is 37.1 Å². The molecule has 3 aliphatic rings.